The van der Waals surface area contributed by atoms with E-state index in [9.17, 15) is 9.59 Å². The molecule has 0 aliphatic carbocycles. The molecular weight excluding hydrogens is 432 g/mol. The molecule has 0 aromatic heterocycles. The lowest BCUT2D eigenvalue weighted by Gasteiger charge is -1.97. The molecule has 4 nitrogen and oxygen atoms in total. The van der Waals surface area contributed by atoms with Gasteiger partial charge in [-0.25, -0.2) is 9.59 Å². The van der Waals surface area contributed by atoms with Crippen LogP contribution in [0.4, 0.5) is 0 Å². The number of hydrogen-bond donors (Lipinski definition) is 0. The molecule has 0 N–H and O–H groups in total. The number of hydrogen-bond acceptors (Lipinski definition) is 4. The highest BCUT2D eigenvalue weighted by Crippen LogP contribution is 2.22. The highest BCUT2D eigenvalue weighted by Gasteiger charge is 2.18. The zero-order chi connectivity index (χ0) is 9.72. The molecule has 12 heavy (non-hydrogen) atoms. The predicted octanol–water partition coefficient (Wildman–Crippen LogP) is 2.69. The van der Waals surface area contributed by atoms with E-state index in [1.807, 2.05) is 0 Å². The van der Waals surface area contributed by atoms with Crippen molar-refractivity contribution in [3.8, 4) is 0 Å². The monoisotopic (exact) mass is 428 g/mol. The van der Waals surface area contributed by atoms with Crippen molar-refractivity contribution in [2.75, 3.05) is 0 Å². The van der Waals surface area contributed by atoms with Crippen molar-refractivity contribution in [2.45, 2.75) is 0 Å². The minimum absolute atomic E-state index is 0.0798. The van der Waals surface area contributed by atoms with Gasteiger partial charge in [-0.2, -0.15) is 0 Å². The second-order valence-electron chi connectivity index (χ2n) is 1.36. The summed E-state index contributed by atoms with van der Waals surface area (Å²) in [4.78, 5) is 21.5. The van der Waals surface area contributed by atoms with Crippen LogP contribution in [0.1, 0.15) is 0 Å². The standard InChI is InChI=1S/C4Br4O4/c5-1(3(9)11-7)2(6)4(10)12-8/b2-1-. The van der Waals surface area contributed by atoms with Crippen molar-refractivity contribution < 1.29 is 17.2 Å². The fourth-order valence-electron chi connectivity index (χ4n) is 0.247. The van der Waals surface area contributed by atoms with E-state index >= 15 is 0 Å². The van der Waals surface area contributed by atoms with Crippen LogP contribution in [0.2, 0.25) is 0 Å². The normalized spacial score (nSPS) is 11.7. The van der Waals surface area contributed by atoms with E-state index in [0.717, 1.165) is 0 Å². The first-order chi connectivity index (χ1) is 5.54. The van der Waals surface area contributed by atoms with Gasteiger partial charge in [0.15, 0.2) is 32.5 Å². The molecule has 0 rings (SSSR count). The van der Waals surface area contributed by atoms with Gasteiger partial charge in [-0.3, -0.25) is 0 Å². The second kappa shape index (κ2) is 6.11. The molecule has 0 saturated carbocycles. The Bertz CT molecular complexity index is 211. The fraction of sp³-hybridized carbons (Fsp3) is 0. The first kappa shape index (κ1) is 12.6. The average Bonchev–Trinajstić information content (AvgIpc) is 2.12. The Balaban J connectivity index is 4.68. The lowest BCUT2D eigenvalue weighted by atomic mass is 10.5. The maximum Gasteiger partial charge on any atom is 0.358 e. The van der Waals surface area contributed by atoms with Crippen LogP contribution >= 0.6 is 64.4 Å². The average molecular weight is 432 g/mol. The third kappa shape index (κ3) is 3.55. The van der Waals surface area contributed by atoms with Crippen molar-refractivity contribution in [3.63, 3.8) is 0 Å². The van der Waals surface area contributed by atoms with Crippen molar-refractivity contribution in [2.24, 2.45) is 0 Å². The van der Waals surface area contributed by atoms with Crippen molar-refractivity contribution >= 4 is 76.3 Å². The van der Waals surface area contributed by atoms with E-state index in [4.69, 9.17) is 0 Å². The van der Waals surface area contributed by atoms with Crippen LogP contribution in [0.15, 0.2) is 8.96 Å². The summed E-state index contributed by atoms with van der Waals surface area (Å²) in [6.45, 7) is 0. The summed E-state index contributed by atoms with van der Waals surface area (Å²) in [5.41, 5.74) is 0. The first-order valence-corrected chi connectivity index (χ1v) is 5.13. The van der Waals surface area contributed by atoms with Gasteiger partial charge in [0.1, 0.15) is 8.96 Å². The Labute approximate surface area is 102 Å². The molecule has 0 aliphatic rings. The SMILES string of the molecule is O=C(OBr)/C(Br)=C(/Br)C(=O)OBr. The molecule has 68 valence electrons. The summed E-state index contributed by atoms with van der Waals surface area (Å²) in [5.74, 6) is -1.50. The van der Waals surface area contributed by atoms with Gasteiger partial charge >= 0.3 is 11.9 Å². The van der Waals surface area contributed by atoms with Crippen LogP contribution in [0, 0.1) is 0 Å². The van der Waals surface area contributed by atoms with Crippen molar-refractivity contribution in [1.82, 2.24) is 0 Å². The van der Waals surface area contributed by atoms with Gasteiger partial charge < -0.3 is 7.66 Å². The molecule has 0 fully saturated rings. The molecule has 0 amide bonds. The van der Waals surface area contributed by atoms with Crippen LogP contribution < -0.4 is 0 Å². The minimum Gasteiger partial charge on any atom is -0.380 e. The third-order valence-electron chi connectivity index (χ3n) is 0.691. The van der Waals surface area contributed by atoms with E-state index < -0.39 is 11.9 Å². The zero-order valence-electron chi connectivity index (χ0n) is 5.14. The molecule has 0 radical (unpaired) electrons. The summed E-state index contributed by atoms with van der Waals surface area (Å²) in [6, 6.07) is 0. The van der Waals surface area contributed by atoms with Crippen LogP contribution in [0.25, 0.3) is 0 Å². The highest BCUT2D eigenvalue weighted by atomic mass is 79.9. The summed E-state index contributed by atoms with van der Waals surface area (Å²) in [5, 5.41) is 0. The van der Waals surface area contributed by atoms with Crippen molar-refractivity contribution in [1.29, 1.82) is 0 Å². The molecule has 0 aromatic rings. The summed E-state index contributed by atoms with van der Waals surface area (Å²) in [6.07, 6.45) is 0. The van der Waals surface area contributed by atoms with E-state index in [2.05, 4.69) is 72.0 Å². The molecule has 0 saturated heterocycles. The molecule has 0 aromatic carbocycles. The number of halogens is 4. The van der Waals surface area contributed by atoms with E-state index in [1.165, 1.54) is 0 Å². The maximum absolute atomic E-state index is 10.7. The van der Waals surface area contributed by atoms with Gasteiger partial charge in [0.05, 0.1) is 0 Å². The Morgan fingerprint density at radius 3 is 1.25 bits per heavy atom. The Hall–Kier alpha value is 0.600. The summed E-state index contributed by atoms with van der Waals surface area (Å²) in [7, 11) is 0. The topological polar surface area (TPSA) is 52.6 Å². The largest absolute Gasteiger partial charge is 0.380 e. The van der Waals surface area contributed by atoms with Gasteiger partial charge in [0, 0.05) is 0 Å². The van der Waals surface area contributed by atoms with Crippen LogP contribution in [-0.2, 0) is 17.2 Å². The summed E-state index contributed by atoms with van der Waals surface area (Å²) < 4.78 is 8.13. The Kier molecular flexibility index (Phi) is 6.42. The van der Waals surface area contributed by atoms with Gasteiger partial charge in [-0.05, 0) is 31.9 Å². The predicted molar refractivity (Wildman–Crippen MR) is 54.9 cm³/mol. The number of rotatable bonds is 2. The van der Waals surface area contributed by atoms with Gasteiger partial charge in [0.2, 0.25) is 0 Å². The van der Waals surface area contributed by atoms with E-state index in [1.54, 1.807) is 0 Å². The van der Waals surface area contributed by atoms with Crippen molar-refractivity contribution in [3.05, 3.63) is 8.96 Å². The second-order valence-corrected chi connectivity index (χ2v) is 3.59. The molecular formula is C4Br4O4. The lowest BCUT2D eigenvalue weighted by Crippen LogP contribution is -2.04. The fourth-order valence-corrected chi connectivity index (χ4v) is 1.49. The maximum atomic E-state index is 10.7. The molecule has 8 heteroatoms. The van der Waals surface area contributed by atoms with Crippen LogP contribution in [-0.4, -0.2) is 11.9 Å². The molecule has 0 spiro atoms. The quantitative estimate of drug-likeness (QED) is 0.631. The Morgan fingerprint density at radius 2 is 1.08 bits per heavy atom. The Morgan fingerprint density at radius 1 is 0.833 bits per heavy atom. The zero-order valence-corrected chi connectivity index (χ0v) is 11.5. The van der Waals surface area contributed by atoms with Gasteiger partial charge in [0.25, 0.3) is 0 Å². The van der Waals surface area contributed by atoms with Gasteiger partial charge in [-0.1, -0.05) is 0 Å². The van der Waals surface area contributed by atoms with Crippen LogP contribution in [0.5, 0.6) is 0 Å². The summed E-state index contributed by atoms with van der Waals surface area (Å²) >= 11 is 10.5. The smallest absolute Gasteiger partial charge is 0.358 e. The third-order valence-corrected chi connectivity index (χ3v) is 3.25. The number of carbonyl (C=O) groups excluding carboxylic acids is 2. The van der Waals surface area contributed by atoms with Gasteiger partial charge in [-0.15, -0.1) is 0 Å². The number of carbonyl (C=O) groups is 2. The highest BCUT2D eigenvalue weighted by molar-refractivity contribution is 9.14. The van der Waals surface area contributed by atoms with Crippen LogP contribution in [0.3, 0.4) is 0 Å². The van der Waals surface area contributed by atoms with E-state index in [-0.39, 0.29) is 8.96 Å². The van der Waals surface area contributed by atoms with E-state index in [0.29, 0.717) is 0 Å². The minimum atomic E-state index is -0.750. The molecule has 0 aliphatic heterocycles. The molecule has 0 unspecified atom stereocenters. The first-order valence-electron chi connectivity index (χ1n) is 2.25. The molecule has 0 bridgehead atoms. The molecule has 0 atom stereocenters. The lowest BCUT2D eigenvalue weighted by molar-refractivity contribution is -0.130. The molecule has 0 heterocycles.